The van der Waals surface area contributed by atoms with Crippen LogP contribution in [0.1, 0.15) is 22.4 Å². The summed E-state index contributed by atoms with van der Waals surface area (Å²) in [6, 6.07) is 0.860. The summed E-state index contributed by atoms with van der Waals surface area (Å²) < 4.78 is 115. The number of alkyl carbamates (subject to hydrolysis) is 1. The van der Waals surface area contributed by atoms with Crippen LogP contribution >= 0.6 is 0 Å². The van der Waals surface area contributed by atoms with Gasteiger partial charge in [-0.2, -0.15) is 34.8 Å². The normalized spacial score (nSPS) is 12.7. The van der Waals surface area contributed by atoms with Gasteiger partial charge in [0.2, 0.25) is 0 Å². The number of methoxy groups -OCH3 is 1. The van der Waals surface area contributed by atoms with E-state index in [2.05, 4.69) is 15.0 Å². The topological polar surface area (TPSA) is 111 Å². The van der Waals surface area contributed by atoms with Crippen molar-refractivity contribution < 1.29 is 48.8 Å². The summed E-state index contributed by atoms with van der Waals surface area (Å²) in [7, 11) is -3.97. The van der Waals surface area contributed by atoms with Gasteiger partial charge in [-0.1, -0.05) is 6.07 Å². The molecule has 0 unspecified atom stereocenters. The highest BCUT2D eigenvalue weighted by molar-refractivity contribution is 7.85. The molecule has 2 rings (SSSR count). The van der Waals surface area contributed by atoms with E-state index < -0.39 is 63.5 Å². The molecule has 0 fully saturated rings. The third kappa shape index (κ3) is 5.63. The molecular weight excluding hydrogens is 448 g/mol. The van der Waals surface area contributed by atoms with Crippen molar-refractivity contribution in [1.82, 2.24) is 14.9 Å². The summed E-state index contributed by atoms with van der Waals surface area (Å²) >= 11 is 0. The number of amides is 1. The van der Waals surface area contributed by atoms with Crippen LogP contribution in [0.4, 0.5) is 31.1 Å². The molecule has 0 bridgehead atoms. The maximum Gasteiger partial charge on any atom is 0.416 e. The molecule has 15 heteroatoms. The van der Waals surface area contributed by atoms with Gasteiger partial charge in [-0.3, -0.25) is 4.55 Å². The van der Waals surface area contributed by atoms with Gasteiger partial charge in [-0.25, -0.2) is 9.78 Å². The van der Waals surface area contributed by atoms with Crippen LogP contribution in [0, 0.1) is 0 Å². The molecule has 0 spiro atoms. The third-order valence-corrected chi connectivity index (χ3v) is 4.49. The number of hydrogen-bond acceptors (Lipinski definition) is 5. The van der Waals surface area contributed by atoms with Gasteiger partial charge in [0.05, 0.1) is 37.0 Å². The van der Waals surface area contributed by atoms with E-state index in [1.165, 1.54) is 0 Å². The number of carbonyl (C=O) groups is 1. The molecule has 1 aromatic heterocycles. The van der Waals surface area contributed by atoms with Crippen molar-refractivity contribution in [3.8, 4) is 0 Å². The standard InChI is InChI=1S/C15H13F6N3O5S/c1-29-13(25)22-5-10-7-24(12(23-10)30(26,27)28)6-8-2-3-9(14(16,17)18)4-11(8)15(19,20)21/h2-4,7H,5-6H2,1H3,(H,22,25)(H,26,27,28). The first-order valence-electron chi connectivity index (χ1n) is 7.75. The van der Waals surface area contributed by atoms with E-state index in [1.54, 1.807) is 0 Å². The molecule has 1 amide bonds. The van der Waals surface area contributed by atoms with Crippen LogP contribution in [0.5, 0.6) is 0 Å². The monoisotopic (exact) mass is 461 g/mol. The first-order valence-corrected chi connectivity index (χ1v) is 9.19. The molecule has 1 aromatic carbocycles. The number of halogens is 6. The third-order valence-electron chi connectivity index (χ3n) is 3.70. The molecule has 0 aliphatic rings. The van der Waals surface area contributed by atoms with Gasteiger partial charge in [0.25, 0.3) is 5.16 Å². The Morgan fingerprint density at radius 3 is 2.33 bits per heavy atom. The minimum absolute atomic E-state index is 0.0981. The van der Waals surface area contributed by atoms with E-state index in [4.69, 9.17) is 0 Å². The fourth-order valence-electron chi connectivity index (χ4n) is 2.43. The van der Waals surface area contributed by atoms with Crippen molar-refractivity contribution in [1.29, 1.82) is 0 Å². The molecular formula is C15H13F6N3O5S. The Bertz CT molecular complexity index is 1050. The van der Waals surface area contributed by atoms with Crippen LogP contribution in [0.25, 0.3) is 0 Å². The first-order chi connectivity index (χ1) is 13.6. The van der Waals surface area contributed by atoms with E-state index in [1.807, 2.05) is 0 Å². The fourth-order valence-corrected chi connectivity index (χ4v) is 3.07. The minimum atomic E-state index is -5.18. The predicted molar refractivity (Wildman–Crippen MR) is 86.8 cm³/mol. The molecule has 2 N–H and O–H groups in total. The number of carbonyl (C=O) groups excluding carboxylic acids is 1. The van der Waals surface area contributed by atoms with Crippen molar-refractivity contribution in [2.75, 3.05) is 7.11 Å². The second-order valence-corrected chi connectivity index (χ2v) is 7.15. The number of alkyl halides is 6. The Kier molecular flexibility index (Phi) is 6.37. The van der Waals surface area contributed by atoms with Gasteiger partial charge in [-0.15, -0.1) is 0 Å². The molecule has 0 saturated carbocycles. The molecule has 0 saturated heterocycles. The van der Waals surface area contributed by atoms with Crippen LogP contribution in [0.2, 0.25) is 0 Å². The molecule has 2 aromatic rings. The molecule has 0 aliphatic heterocycles. The lowest BCUT2D eigenvalue weighted by Gasteiger charge is -2.16. The van der Waals surface area contributed by atoms with Crippen LogP contribution in [-0.2, 0) is 40.3 Å². The van der Waals surface area contributed by atoms with Crippen molar-refractivity contribution >= 4 is 16.2 Å². The highest BCUT2D eigenvalue weighted by Gasteiger charge is 2.38. The van der Waals surface area contributed by atoms with Crippen molar-refractivity contribution in [3.63, 3.8) is 0 Å². The zero-order valence-electron chi connectivity index (χ0n) is 14.9. The lowest BCUT2D eigenvalue weighted by molar-refractivity contribution is -0.143. The number of ether oxygens (including phenoxy) is 1. The summed E-state index contributed by atoms with van der Waals surface area (Å²) in [5.74, 6) is 0. The lowest BCUT2D eigenvalue weighted by atomic mass is 10.0. The smallest absolute Gasteiger partial charge is 0.416 e. The number of rotatable bonds is 5. The van der Waals surface area contributed by atoms with Gasteiger partial charge in [0.15, 0.2) is 0 Å². The zero-order chi connectivity index (χ0) is 22.9. The SMILES string of the molecule is COC(=O)NCc1cn(Cc2ccc(C(F)(F)F)cc2C(F)(F)F)c(S(=O)(=O)O)n1. The molecule has 30 heavy (non-hydrogen) atoms. The van der Waals surface area contributed by atoms with E-state index in [9.17, 15) is 44.1 Å². The minimum Gasteiger partial charge on any atom is -0.453 e. The number of hydrogen-bond donors (Lipinski definition) is 2. The van der Waals surface area contributed by atoms with E-state index in [0.29, 0.717) is 16.7 Å². The Morgan fingerprint density at radius 2 is 1.83 bits per heavy atom. The number of nitrogens with one attached hydrogen (secondary N) is 1. The summed E-state index contributed by atoms with van der Waals surface area (Å²) in [6.45, 7) is -1.28. The van der Waals surface area contributed by atoms with Crippen molar-refractivity contribution in [2.45, 2.75) is 30.6 Å². The quantitative estimate of drug-likeness (QED) is 0.523. The maximum absolute atomic E-state index is 13.3. The number of benzene rings is 1. The number of imidazole rings is 1. The zero-order valence-corrected chi connectivity index (χ0v) is 15.7. The molecule has 8 nitrogen and oxygen atoms in total. The van der Waals surface area contributed by atoms with Crippen molar-refractivity contribution in [3.05, 3.63) is 46.8 Å². The summed E-state index contributed by atoms with van der Waals surface area (Å²) in [6.07, 6.45) is -10.2. The second-order valence-electron chi connectivity index (χ2n) is 5.83. The molecule has 166 valence electrons. The van der Waals surface area contributed by atoms with E-state index in [-0.39, 0.29) is 11.8 Å². The largest absolute Gasteiger partial charge is 0.453 e. The van der Waals surface area contributed by atoms with Crippen LogP contribution in [0.3, 0.4) is 0 Å². The Hall–Kier alpha value is -2.81. The average molecular weight is 461 g/mol. The van der Waals surface area contributed by atoms with Gasteiger partial charge in [0, 0.05) is 6.20 Å². The highest BCUT2D eigenvalue weighted by Crippen LogP contribution is 2.37. The van der Waals surface area contributed by atoms with E-state index >= 15 is 0 Å². The van der Waals surface area contributed by atoms with Gasteiger partial charge in [0.1, 0.15) is 0 Å². The molecule has 0 aliphatic carbocycles. The van der Waals surface area contributed by atoms with Crippen LogP contribution in [-0.4, -0.2) is 35.7 Å². The Morgan fingerprint density at radius 1 is 1.20 bits per heavy atom. The molecule has 0 radical (unpaired) electrons. The van der Waals surface area contributed by atoms with Gasteiger partial charge in [-0.05, 0) is 17.7 Å². The van der Waals surface area contributed by atoms with Crippen molar-refractivity contribution in [2.24, 2.45) is 0 Å². The Balaban J connectivity index is 2.50. The second kappa shape index (κ2) is 8.14. The van der Waals surface area contributed by atoms with Gasteiger partial charge >= 0.3 is 28.6 Å². The average Bonchev–Trinajstić information content (AvgIpc) is 3.01. The van der Waals surface area contributed by atoms with Crippen LogP contribution in [0.15, 0.2) is 29.6 Å². The fraction of sp³-hybridized carbons (Fsp3) is 0.333. The highest BCUT2D eigenvalue weighted by atomic mass is 32.2. The predicted octanol–water partition coefficient (Wildman–Crippen LogP) is 3.07. The summed E-state index contributed by atoms with van der Waals surface area (Å²) in [5.41, 5.74) is -4.05. The molecule has 0 atom stereocenters. The van der Waals surface area contributed by atoms with E-state index in [0.717, 1.165) is 13.3 Å². The lowest BCUT2D eigenvalue weighted by Crippen LogP contribution is -2.22. The number of nitrogens with zero attached hydrogens (tertiary/aromatic N) is 2. The first kappa shape index (κ1) is 23.5. The molecule has 1 heterocycles. The summed E-state index contributed by atoms with van der Waals surface area (Å²) in [4.78, 5) is 14.6. The van der Waals surface area contributed by atoms with Gasteiger partial charge < -0.3 is 14.6 Å². The Labute approximate surface area is 165 Å². The van der Waals surface area contributed by atoms with Crippen LogP contribution < -0.4 is 5.32 Å². The maximum atomic E-state index is 13.3. The number of aromatic nitrogens is 2. The summed E-state index contributed by atoms with van der Waals surface area (Å²) in [5, 5.41) is 1.09.